The highest BCUT2D eigenvalue weighted by atomic mass is 35.5. The van der Waals surface area contributed by atoms with Crippen LogP contribution in [0.3, 0.4) is 0 Å². The smallest absolute Gasteiger partial charge is 0.364 e. The Kier molecular flexibility index (Phi) is 5.01. The standard InChI is InChI=1S/C15H15ClN2O4S/c1-4-23(20,21)15-17-8-11(16)13(18-15)14(19)22-12-7-5-6-9(2)10(12)3/h5-8H,4H2,1-3H3. The Labute approximate surface area is 139 Å². The van der Waals surface area contributed by atoms with Gasteiger partial charge in [-0.15, -0.1) is 0 Å². The Balaban J connectivity index is 2.40. The van der Waals surface area contributed by atoms with Crippen LogP contribution in [-0.4, -0.2) is 30.1 Å². The fourth-order valence-electron chi connectivity index (χ4n) is 1.76. The first-order valence-corrected chi connectivity index (χ1v) is 8.83. The minimum absolute atomic E-state index is 0.0737. The maximum absolute atomic E-state index is 12.3. The van der Waals surface area contributed by atoms with Gasteiger partial charge in [0.1, 0.15) is 5.75 Å². The monoisotopic (exact) mass is 354 g/mol. The van der Waals surface area contributed by atoms with Crippen molar-refractivity contribution in [1.29, 1.82) is 0 Å². The van der Waals surface area contributed by atoms with Crippen molar-refractivity contribution in [2.45, 2.75) is 25.9 Å². The van der Waals surface area contributed by atoms with Gasteiger partial charge in [-0.1, -0.05) is 30.7 Å². The van der Waals surface area contributed by atoms with Gasteiger partial charge in [0.05, 0.1) is 17.0 Å². The van der Waals surface area contributed by atoms with Gasteiger partial charge in [0.25, 0.3) is 0 Å². The Morgan fingerprint density at radius 2 is 2.00 bits per heavy atom. The van der Waals surface area contributed by atoms with Crippen molar-refractivity contribution < 1.29 is 17.9 Å². The van der Waals surface area contributed by atoms with E-state index in [4.69, 9.17) is 16.3 Å². The van der Waals surface area contributed by atoms with Crippen LogP contribution in [0, 0.1) is 13.8 Å². The van der Waals surface area contributed by atoms with Crippen LogP contribution >= 0.6 is 11.6 Å². The molecule has 0 N–H and O–H groups in total. The van der Waals surface area contributed by atoms with Crippen molar-refractivity contribution in [3.63, 3.8) is 0 Å². The largest absolute Gasteiger partial charge is 0.421 e. The molecule has 0 unspecified atom stereocenters. The van der Waals surface area contributed by atoms with Crippen LogP contribution in [0.1, 0.15) is 28.5 Å². The van der Waals surface area contributed by atoms with Gasteiger partial charge >= 0.3 is 5.97 Å². The van der Waals surface area contributed by atoms with E-state index in [2.05, 4.69) is 9.97 Å². The van der Waals surface area contributed by atoms with Gasteiger partial charge in [-0.05, 0) is 31.0 Å². The number of carbonyl (C=O) groups excluding carboxylic acids is 1. The van der Waals surface area contributed by atoms with Gasteiger partial charge < -0.3 is 4.74 Å². The lowest BCUT2D eigenvalue weighted by atomic mass is 10.1. The lowest BCUT2D eigenvalue weighted by molar-refractivity contribution is 0.0726. The van der Waals surface area contributed by atoms with E-state index in [1.165, 1.54) is 6.92 Å². The molecule has 0 amide bonds. The number of ether oxygens (including phenoxy) is 1. The van der Waals surface area contributed by atoms with Gasteiger partial charge in [0.2, 0.25) is 15.0 Å². The Morgan fingerprint density at radius 3 is 2.65 bits per heavy atom. The summed E-state index contributed by atoms with van der Waals surface area (Å²) in [4.78, 5) is 19.7. The molecule has 0 spiro atoms. The van der Waals surface area contributed by atoms with Crippen molar-refractivity contribution in [3.8, 4) is 5.75 Å². The highest BCUT2D eigenvalue weighted by Crippen LogP contribution is 2.23. The number of hydrogen-bond acceptors (Lipinski definition) is 6. The van der Waals surface area contributed by atoms with E-state index in [9.17, 15) is 13.2 Å². The molecule has 0 aliphatic rings. The summed E-state index contributed by atoms with van der Waals surface area (Å²) >= 11 is 5.90. The van der Waals surface area contributed by atoms with Crippen LogP contribution < -0.4 is 4.74 Å². The number of sulfone groups is 1. The normalized spacial score (nSPS) is 11.3. The van der Waals surface area contributed by atoms with E-state index in [1.807, 2.05) is 19.9 Å². The summed E-state index contributed by atoms with van der Waals surface area (Å²) in [6.45, 7) is 5.16. The second kappa shape index (κ2) is 6.64. The molecule has 2 rings (SSSR count). The van der Waals surface area contributed by atoms with Crippen LogP contribution in [0.5, 0.6) is 5.75 Å². The molecular formula is C15H15ClN2O4S. The maximum atomic E-state index is 12.3. The first-order valence-electron chi connectivity index (χ1n) is 6.80. The predicted octanol–water partition coefficient (Wildman–Crippen LogP) is 2.76. The molecule has 0 aliphatic heterocycles. The zero-order valence-electron chi connectivity index (χ0n) is 12.8. The number of benzene rings is 1. The maximum Gasteiger partial charge on any atom is 0.364 e. The van der Waals surface area contributed by atoms with E-state index in [0.29, 0.717) is 5.75 Å². The van der Waals surface area contributed by atoms with Crippen molar-refractivity contribution in [1.82, 2.24) is 9.97 Å². The SMILES string of the molecule is CCS(=O)(=O)c1ncc(Cl)c(C(=O)Oc2cccc(C)c2C)n1. The number of nitrogens with zero attached hydrogens (tertiary/aromatic N) is 2. The van der Waals surface area contributed by atoms with Crippen LogP contribution in [0.4, 0.5) is 0 Å². The molecule has 0 aliphatic carbocycles. The van der Waals surface area contributed by atoms with Gasteiger partial charge in [-0.25, -0.2) is 23.2 Å². The number of aryl methyl sites for hydroxylation is 1. The third kappa shape index (κ3) is 3.68. The van der Waals surface area contributed by atoms with E-state index in [1.54, 1.807) is 12.1 Å². The van der Waals surface area contributed by atoms with Crippen molar-refractivity contribution in [2.75, 3.05) is 5.75 Å². The fourth-order valence-corrected chi connectivity index (χ4v) is 2.63. The Morgan fingerprint density at radius 1 is 1.30 bits per heavy atom. The third-order valence-electron chi connectivity index (χ3n) is 3.33. The molecule has 0 saturated carbocycles. The lowest BCUT2D eigenvalue weighted by Gasteiger charge is -2.10. The topological polar surface area (TPSA) is 86.2 Å². The number of esters is 1. The summed E-state index contributed by atoms with van der Waals surface area (Å²) < 4.78 is 28.9. The zero-order valence-corrected chi connectivity index (χ0v) is 14.4. The van der Waals surface area contributed by atoms with Crippen LogP contribution in [0.25, 0.3) is 0 Å². The van der Waals surface area contributed by atoms with Crippen LogP contribution in [0.2, 0.25) is 5.02 Å². The van der Waals surface area contributed by atoms with Gasteiger partial charge in [-0.2, -0.15) is 0 Å². The molecule has 1 aromatic heterocycles. The Bertz CT molecular complexity index is 866. The van der Waals surface area contributed by atoms with E-state index >= 15 is 0 Å². The number of hydrogen-bond donors (Lipinski definition) is 0. The summed E-state index contributed by atoms with van der Waals surface area (Å²) in [5.74, 6) is -0.650. The molecule has 0 bridgehead atoms. The minimum atomic E-state index is -3.65. The number of aromatic nitrogens is 2. The van der Waals surface area contributed by atoms with E-state index in [-0.39, 0.29) is 16.5 Å². The molecule has 122 valence electrons. The van der Waals surface area contributed by atoms with Gasteiger partial charge in [0, 0.05) is 0 Å². The molecule has 8 heteroatoms. The molecular weight excluding hydrogens is 340 g/mol. The lowest BCUT2D eigenvalue weighted by Crippen LogP contribution is -2.16. The summed E-state index contributed by atoms with van der Waals surface area (Å²) in [7, 11) is -3.65. The highest BCUT2D eigenvalue weighted by molar-refractivity contribution is 7.91. The van der Waals surface area contributed by atoms with E-state index in [0.717, 1.165) is 17.3 Å². The molecule has 6 nitrogen and oxygen atoms in total. The third-order valence-corrected chi connectivity index (χ3v) is 5.12. The fraction of sp³-hybridized carbons (Fsp3) is 0.267. The molecule has 0 radical (unpaired) electrons. The van der Waals surface area contributed by atoms with E-state index < -0.39 is 21.0 Å². The highest BCUT2D eigenvalue weighted by Gasteiger charge is 2.22. The quantitative estimate of drug-likeness (QED) is 0.476. The summed E-state index contributed by atoms with van der Waals surface area (Å²) in [6, 6.07) is 5.27. The summed E-state index contributed by atoms with van der Waals surface area (Å²) in [6.07, 6.45) is 1.08. The number of carbonyl (C=O) groups is 1. The van der Waals surface area contributed by atoms with Gasteiger partial charge in [0.15, 0.2) is 5.69 Å². The molecule has 1 heterocycles. The van der Waals surface area contributed by atoms with Crippen LogP contribution in [0.15, 0.2) is 29.6 Å². The minimum Gasteiger partial charge on any atom is -0.421 e. The molecule has 0 saturated heterocycles. The summed E-state index contributed by atoms with van der Waals surface area (Å²) in [5, 5.41) is -0.521. The number of rotatable bonds is 4. The van der Waals surface area contributed by atoms with Crippen molar-refractivity contribution in [3.05, 3.63) is 46.2 Å². The predicted molar refractivity (Wildman–Crippen MR) is 85.6 cm³/mol. The average Bonchev–Trinajstić information content (AvgIpc) is 2.52. The second-order valence-electron chi connectivity index (χ2n) is 4.84. The van der Waals surface area contributed by atoms with Crippen molar-refractivity contribution in [2.24, 2.45) is 0 Å². The molecule has 23 heavy (non-hydrogen) atoms. The molecule has 1 aromatic carbocycles. The molecule has 0 atom stereocenters. The first kappa shape index (κ1) is 17.4. The number of halogens is 1. The zero-order chi connectivity index (χ0) is 17.2. The summed E-state index contributed by atoms with van der Waals surface area (Å²) in [5.41, 5.74) is 1.47. The first-order chi connectivity index (χ1) is 10.8. The second-order valence-corrected chi connectivity index (χ2v) is 7.42. The van der Waals surface area contributed by atoms with Gasteiger partial charge in [-0.3, -0.25) is 0 Å². The Hall–Kier alpha value is -1.99. The average molecular weight is 355 g/mol. The van der Waals surface area contributed by atoms with Crippen molar-refractivity contribution >= 4 is 27.4 Å². The van der Waals surface area contributed by atoms with Crippen LogP contribution in [-0.2, 0) is 9.84 Å². The molecule has 2 aromatic rings. The molecule has 0 fully saturated rings.